The van der Waals surface area contributed by atoms with E-state index in [0.29, 0.717) is 29.4 Å². The van der Waals surface area contributed by atoms with Crippen LogP contribution in [0.1, 0.15) is 6.42 Å². The van der Waals surface area contributed by atoms with E-state index in [1.165, 1.54) is 13.2 Å². The van der Waals surface area contributed by atoms with E-state index in [1.54, 1.807) is 37.4 Å². The Balaban J connectivity index is 2.02. The van der Waals surface area contributed by atoms with E-state index in [1.807, 2.05) is 14.1 Å². The minimum absolute atomic E-state index is 0.0553. The Morgan fingerprint density at radius 1 is 1.07 bits per heavy atom. The maximum Gasteiger partial charge on any atom is 0.204 e. The first kappa shape index (κ1) is 20.5. The topological polar surface area (TPSA) is 81.4 Å². The van der Waals surface area contributed by atoms with Crippen LogP contribution in [0.2, 0.25) is 0 Å². The summed E-state index contributed by atoms with van der Waals surface area (Å²) in [6, 6.07) is 10.1. The first-order chi connectivity index (χ1) is 13.9. The van der Waals surface area contributed by atoms with Gasteiger partial charge in [0.25, 0.3) is 0 Å². The second-order valence-electron chi connectivity index (χ2n) is 6.84. The van der Waals surface area contributed by atoms with Gasteiger partial charge in [-0.2, -0.15) is 0 Å². The monoisotopic (exact) mass is 399 g/mol. The molecule has 0 radical (unpaired) electrons. The van der Waals surface area contributed by atoms with Crippen molar-refractivity contribution in [3.8, 4) is 34.3 Å². The van der Waals surface area contributed by atoms with Crippen molar-refractivity contribution in [2.24, 2.45) is 0 Å². The predicted octanol–water partition coefficient (Wildman–Crippen LogP) is 3.51. The fraction of sp³-hybridized carbons (Fsp3) is 0.318. The number of fused-ring (bicyclic) bond motifs is 1. The molecule has 0 saturated heterocycles. The van der Waals surface area contributed by atoms with Gasteiger partial charge in [-0.3, -0.25) is 4.79 Å². The summed E-state index contributed by atoms with van der Waals surface area (Å²) in [5.41, 5.74) is 0.574. The molecule has 0 amide bonds. The lowest BCUT2D eigenvalue weighted by molar-refractivity contribution is 0.264. The van der Waals surface area contributed by atoms with Crippen molar-refractivity contribution in [3.63, 3.8) is 0 Å². The molecule has 0 bridgehead atoms. The maximum absolute atomic E-state index is 12.7. The summed E-state index contributed by atoms with van der Waals surface area (Å²) < 4.78 is 22.2. The van der Waals surface area contributed by atoms with Gasteiger partial charge < -0.3 is 28.6 Å². The molecule has 0 aliphatic heterocycles. The summed E-state index contributed by atoms with van der Waals surface area (Å²) in [5, 5.41) is 10.7. The van der Waals surface area contributed by atoms with Crippen LogP contribution in [0.5, 0.6) is 23.0 Å². The van der Waals surface area contributed by atoms with E-state index in [2.05, 4.69) is 4.90 Å². The Labute approximate surface area is 169 Å². The van der Waals surface area contributed by atoms with E-state index in [-0.39, 0.29) is 27.9 Å². The van der Waals surface area contributed by atoms with Crippen molar-refractivity contribution in [3.05, 3.63) is 46.6 Å². The Hall–Kier alpha value is -3.19. The average molecular weight is 399 g/mol. The van der Waals surface area contributed by atoms with E-state index in [0.717, 1.165) is 13.0 Å². The van der Waals surface area contributed by atoms with Crippen molar-refractivity contribution in [2.75, 3.05) is 41.5 Å². The van der Waals surface area contributed by atoms with Gasteiger partial charge in [-0.05, 0) is 44.8 Å². The number of nitrogens with zero attached hydrogens (tertiary/aromatic N) is 1. The van der Waals surface area contributed by atoms with Crippen LogP contribution < -0.4 is 19.6 Å². The Bertz CT molecular complexity index is 1040. The molecule has 1 aromatic heterocycles. The van der Waals surface area contributed by atoms with E-state index < -0.39 is 0 Å². The molecule has 7 nitrogen and oxygen atoms in total. The minimum atomic E-state index is -0.368. The van der Waals surface area contributed by atoms with Crippen LogP contribution in [0.15, 0.2) is 45.6 Å². The maximum atomic E-state index is 12.7. The average Bonchev–Trinajstić information content (AvgIpc) is 2.70. The number of ether oxygens (including phenoxy) is 3. The summed E-state index contributed by atoms with van der Waals surface area (Å²) in [6.07, 6.45) is 0.796. The van der Waals surface area contributed by atoms with Gasteiger partial charge in [-0.1, -0.05) is 0 Å². The molecule has 1 heterocycles. The van der Waals surface area contributed by atoms with Crippen molar-refractivity contribution >= 4 is 11.0 Å². The number of phenols is 1. The lowest BCUT2D eigenvalue weighted by atomic mass is 10.1. The van der Waals surface area contributed by atoms with E-state index >= 15 is 0 Å². The first-order valence-electron chi connectivity index (χ1n) is 9.24. The highest BCUT2D eigenvalue weighted by Crippen LogP contribution is 2.42. The Kier molecular flexibility index (Phi) is 6.29. The zero-order valence-corrected chi connectivity index (χ0v) is 17.0. The Morgan fingerprint density at radius 3 is 2.41 bits per heavy atom. The summed E-state index contributed by atoms with van der Waals surface area (Å²) >= 11 is 0. The number of hydrogen-bond donors (Lipinski definition) is 1. The Morgan fingerprint density at radius 2 is 1.79 bits per heavy atom. The van der Waals surface area contributed by atoms with Gasteiger partial charge in [0.05, 0.1) is 20.8 Å². The molecular weight excluding hydrogens is 374 g/mol. The van der Waals surface area contributed by atoms with Crippen LogP contribution >= 0.6 is 0 Å². The molecule has 0 aliphatic rings. The van der Waals surface area contributed by atoms with Crippen molar-refractivity contribution in [2.45, 2.75) is 6.42 Å². The second kappa shape index (κ2) is 8.87. The van der Waals surface area contributed by atoms with Crippen molar-refractivity contribution in [1.82, 2.24) is 4.90 Å². The molecule has 0 spiro atoms. The molecule has 0 fully saturated rings. The molecule has 0 saturated carbocycles. The summed E-state index contributed by atoms with van der Waals surface area (Å²) in [6.45, 7) is 1.29. The molecule has 0 atom stereocenters. The number of hydrogen-bond acceptors (Lipinski definition) is 7. The highest BCUT2D eigenvalue weighted by molar-refractivity contribution is 5.89. The summed E-state index contributed by atoms with van der Waals surface area (Å²) in [5.74, 6) is 1.24. The normalized spacial score (nSPS) is 11.1. The fourth-order valence-corrected chi connectivity index (χ4v) is 3.03. The van der Waals surface area contributed by atoms with Gasteiger partial charge >= 0.3 is 0 Å². The molecule has 7 heteroatoms. The summed E-state index contributed by atoms with van der Waals surface area (Å²) in [4.78, 5) is 14.7. The fourth-order valence-electron chi connectivity index (χ4n) is 3.03. The smallest absolute Gasteiger partial charge is 0.204 e. The number of phenolic OH excluding ortho intramolecular Hbond substituents is 1. The van der Waals surface area contributed by atoms with E-state index in [9.17, 15) is 9.90 Å². The standard InChI is InChI=1S/C22H25NO6/c1-23(2)10-5-11-28-19-13-18-20(21(25)22(19)27-4)16(24)12-17(29-18)14-6-8-15(26-3)9-7-14/h6-9,12-13,25H,5,10-11H2,1-4H3. The van der Waals surface area contributed by atoms with Gasteiger partial charge in [0.15, 0.2) is 16.9 Å². The quantitative estimate of drug-likeness (QED) is 0.581. The van der Waals surface area contributed by atoms with Gasteiger partial charge in [0.2, 0.25) is 5.75 Å². The number of benzene rings is 2. The highest BCUT2D eigenvalue weighted by atomic mass is 16.5. The van der Waals surface area contributed by atoms with Crippen molar-refractivity contribution in [1.29, 1.82) is 0 Å². The molecule has 29 heavy (non-hydrogen) atoms. The van der Waals surface area contributed by atoms with Crippen molar-refractivity contribution < 1.29 is 23.7 Å². The minimum Gasteiger partial charge on any atom is -0.504 e. The van der Waals surface area contributed by atoms with Crippen LogP contribution in [0, 0.1) is 0 Å². The number of methoxy groups -OCH3 is 2. The zero-order valence-electron chi connectivity index (χ0n) is 17.0. The second-order valence-corrected chi connectivity index (χ2v) is 6.84. The third-order valence-corrected chi connectivity index (χ3v) is 4.50. The van der Waals surface area contributed by atoms with Gasteiger partial charge in [0.1, 0.15) is 22.5 Å². The van der Waals surface area contributed by atoms with Gasteiger partial charge in [0, 0.05) is 24.2 Å². The number of rotatable bonds is 8. The van der Waals surface area contributed by atoms with Gasteiger partial charge in [-0.25, -0.2) is 0 Å². The zero-order chi connectivity index (χ0) is 21.0. The highest BCUT2D eigenvalue weighted by Gasteiger charge is 2.20. The third-order valence-electron chi connectivity index (χ3n) is 4.50. The SMILES string of the molecule is COc1ccc(-c2cc(=O)c3c(O)c(OC)c(OCCCN(C)C)cc3o2)cc1. The van der Waals surface area contributed by atoms with Crippen LogP contribution in [-0.2, 0) is 0 Å². The predicted molar refractivity (Wildman–Crippen MR) is 111 cm³/mol. The lowest BCUT2D eigenvalue weighted by Crippen LogP contribution is -2.15. The molecule has 1 N–H and O–H groups in total. The largest absolute Gasteiger partial charge is 0.504 e. The van der Waals surface area contributed by atoms with Gasteiger partial charge in [-0.15, -0.1) is 0 Å². The molecule has 3 aromatic rings. The van der Waals surface area contributed by atoms with Crippen LogP contribution in [0.25, 0.3) is 22.3 Å². The van der Waals surface area contributed by atoms with Crippen LogP contribution in [0.3, 0.4) is 0 Å². The molecule has 154 valence electrons. The molecule has 2 aromatic carbocycles. The molecular formula is C22H25NO6. The molecule has 0 aliphatic carbocycles. The van der Waals surface area contributed by atoms with Crippen LogP contribution in [0.4, 0.5) is 0 Å². The summed E-state index contributed by atoms with van der Waals surface area (Å²) in [7, 11) is 6.97. The van der Waals surface area contributed by atoms with Crippen LogP contribution in [-0.4, -0.2) is 51.5 Å². The molecule has 0 unspecified atom stereocenters. The number of aromatic hydroxyl groups is 1. The first-order valence-corrected chi connectivity index (χ1v) is 9.24. The van der Waals surface area contributed by atoms with E-state index in [4.69, 9.17) is 18.6 Å². The third kappa shape index (κ3) is 4.46. The molecule has 3 rings (SSSR count). The lowest BCUT2D eigenvalue weighted by Gasteiger charge is -2.15.